The van der Waals surface area contributed by atoms with Crippen LogP contribution in [0.3, 0.4) is 0 Å². The number of carbonyl (C=O) groups is 1. The van der Waals surface area contributed by atoms with Crippen LogP contribution in [-0.2, 0) is 16.4 Å². The second-order valence-electron chi connectivity index (χ2n) is 7.15. The van der Waals surface area contributed by atoms with Crippen molar-refractivity contribution in [1.82, 2.24) is 9.47 Å². The second kappa shape index (κ2) is 6.85. The molecule has 2 heterocycles. The second-order valence-corrected chi connectivity index (χ2v) is 9.38. The fourth-order valence-electron chi connectivity index (χ4n) is 3.76. The van der Waals surface area contributed by atoms with Gasteiger partial charge in [-0.1, -0.05) is 48.5 Å². The van der Waals surface area contributed by atoms with Gasteiger partial charge < -0.3 is 9.47 Å². The van der Waals surface area contributed by atoms with E-state index in [1.54, 1.807) is 11.9 Å². The summed E-state index contributed by atoms with van der Waals surface area (Å²) in [5, 5.41) is 0.895. The Balaban J connectivity index is 1.68. The number of amides is 1. The van der Waals surface area contributed by atoms with Gasteiger partial charge >= 0.3 is 0 Å². The highest BCUT2D eigenvalue weighted by Crippen LogP contribution is 2.26. The van der Waals surface area contributed by atoms with E-state index in [2.05, 4.69) is 16.7 Å². The quantitative estimate of drug-likeness (QED) is 0.697. The number of carbonyl (C=O) groups excluding carboxylic acids is 1. The molecule has 0 radical (unpaired) electrons. The van der Waals surface area contributed by atoms with Crippen molar-refractivity contribution in [2.45, 2.75) is 19.0 Å². The van der Waals surface area contributed by atoms with Crippen LogP contribution in [0.1, 0.15) is 22.3 Å². The van der Waals surface area contributed by atoms with Crippen LogP contribution >= 0.6 is 0 Å². The van der Waals surface area contributed by atoms with E-state index in [1.165, 1.54) is 0 Å². The lowest BCUT2D eigenvalue weighted by Crippen LogP contribution is -2.37. The molecule has 1 aliphatic rings. The van der Waals surface area contributed by atoms with E-state index in [0.29, 0.717) is 18.5 Å². The maximum Gasteiger partial charge on any atom is 0.256 e. The molecular formula is C21H22N2O3S. The summed E-state index contributed by atoms with van der Waals surface area (Å²) in [6.07, 6.45) is 2.40. The SMILES string of the molecule is CN(C(=O)c1cn(Cc2ccccc2)c2ccccc12)C1CCS(=O)(=O)C1. The Kier molecular flexibility index (Phi) is 4.52. The number of hydrogen-bond donors (Lipinski definition) is 0. The zero-order valence-electron chi connectivity index (χ0n) is 15.2. The van der Waals surface area contributed by atoms with Crippen molar-refractivity contribution in [3.63, 3.8) is 0 Å². The average Bonchev–Trinajstić information content (AvgIpc) is 3.22. The molecule has 3 aromatic rings. The summed E-state index contributed by atoms with van der Waals surface area (Å²) in [6.45, 7) is 0.677. The lowest BCUT2D eigenvalue weighted by molar-refractivity contribution is 0.0749. The van der Waals surface area contributed by atoms with Crippen LogP contribution in [0.2, 0.25) is 0 Å². The van der Waals surface area contributed by atoms with Gasteiger partial charge in [0.1, 0.15) is 0 Å². The topological polar surface area (TPSA) is 59.4 Å². The molecule has 0 spiro atoms. The van der Waals surface area contributed by atoms with Gasteiger partial charge in [-0.3, -0.25) is 4.79 Å². The number of sulfone groups is 1. The van der Waals surface area contributed by atoms with Crippen LogP contribution in [-0.4, -0.2) is 48.4 Å². The van der Waals surface area contributed by atoms with Crippen LogP contribution in [0.4, 0.5) is 0 Å². The van der Waals surface area contributed by atoms with E-state index in [4.69, 9.17) is 0 Å². The molecule has 140 valence electrons. The first kappa shape index (κ1) is 17.8. The van der Waals surface area contributed by atoms with Gasteiger partial charge in [0.05, 0.1) is 17.1 Å². The number of rotatable bonds is 4. The monoisotopic (exact) mass is 382 g/mol. The molecule has 5 nitrogen and oxygen atoms in total. The number of benzene rings is 2. The summed E-state index contributed by atoms with van der Waals surface area (Å²) < 4.78 is 25.6. The van der Waals surface area contributed by atoms with Crippen molar-refractivity contribution >= 4 is 26.6 Å². The van der Waals surface area contributed by atoms with Gasteiger partial charge in [0.15, 0.2) is 9.84 Å². The zero-order valence-corrected chi connectivity index (χ0v) is 16.0. The minimum atomic E-state index is -3.03. The van der Waals surface area contributed by atoms with Crippen LogP contribution < -0.4 is 0 Å². The molecule has 0 bridgehead atoms. The molecule has 4 rings (SSSR count). The highest BCUT2D eigenvalue weighted by Gasteiger charge is 2.33. The van der Waals surface area contributed by atoms with Crippen molar-refractivity contribution in [2.24, 2.45) is 0 Å². The first-order valence-electron chi connectivity index (χ1n) is 9.04. The van der Waals surface area contributed by atoms with E-state index in [0.717, 1.165) is 16.5 Å². The Morgan fingerprint density at radius 1 is 1.11 bits per heavy atom. The number of nitrogens with zero attached hydrogens (tertiary/aromatic N) is 2. The fraction of sp³-hybridized carbons (Fsp3) is 0.286. The number of aromatic nitrogens is 1. The van der Waals surface area contributed by atoms with Gasteiger partial charge in [0, 0.05) is 36.7 Å². The molecule has 1 fully saturated rings. The highest BCUT2D eigenvalue weighted by atomic mass is 32.2. The van der Waals surface area contributed by atoms with E-state index >= 15 is 0 Å². The molecule has 0 aliphatic carbocycles. The lowest BCUT2D eigenvalue weighted by Gasteiger charge is -2.23. The fourth-order valence-corrected chi connectivity index (χ4v) is 5.54. The van der Waals surface area contributed by atoms with Crippen molar-refractivity contribution in [1.29, 1.82) is 0 Å². The zero-order chi connectivity index (χ0) is 19.0. The molecule has 1 amide bonds. The Morgan fingerprint density at radius 3 is 2.52 bits per heavy atom. The van der Waals surface area contributed by atoms with Crippen LogP contribution in [0.5, 0.6) is 0 Å². The molecule has 1 aliphatic heterocycles. The van der Waals surface area contributed by atoms with Crippen LogP contribution in [0.15, 0.2) is 60.8 Å². The molecule has 1 unspecified atom stereocenters. The third kappa shape index (κ3) is 3.49. The number of hydrogen-bond acceptors (Lipinski definition) is 3. The smallest absolute Gasteiger partial charge is 0.256 e. The van der Waals surface area contributed by atoms with E-state index in [-0.39, 0.29) is 23.5 Å². The normalized spacial score (nSPS) is 18.6. The summed E-state index contributed by atoms with van der Waals surface area (Å²) in [7, 11) is -1.33. The summed E-state index contributed by atoms with van der Waals surface area (Å²) in [5.41, 5.74) is 2.78. The molecule has 2 aromatic carbocycles. The van der Waals surface area contributed by atoms with Gasteiger partial charge in [-0.05, 0) is 18.1 Å². The molecular weight excluding hydrogens is 360 g/mol. The predicted octanol–water partition coefficient (Wildman–Crippen LogP) is 2.95. The Hall–Kier alpha value is -2.60. The maximum atomic E-state index is 13.1. The summed E-state index contributed by atoms with van der Waals surface area (Å²) in [6, 6.07) is 17.7. The molecule has 1 aromatic heterocycles. The van der Waals surface area contributed by atoms with Gasteiger partial charge in [0.2, 0.25) is 0 Å². The molecule has 1 atom stereocenters. The minimum absolute atomic E-state index is 0.0535. The van der Waals surface area contributed by atoms with Crippen molar-refractivity contribution in [3.05, 3.63) is 71.9 Å². The van der Waals surface area contributed by atoms with Crippen molar-refractivity contribution in [3.8, 4) is 0 Å². The highest BCUT2D eigenvalue weighted by molar-refractivity contribution is 7.91. The van der Waals surface area contributed by atoms with E-state index in [1.807, 2.05) is 48.7 Å². The molecule has 6 heteroatoms. The third-order valence-electron chi connectivity index (χ3n) is 5.29. The van der Waals surface area contributed by atoms with Gasteiger partial charge in [-0.15, -0.1) is 0 Å². The first-order chi connectivity index (χ1) is 12.9. The lowest BCUT2D eigenvalue weighted by atomic mass is 10.1. The maximum absolute atomic E-state index is 13.1. The molecule has 1 saturated heterocycles. The van der Waals surface area contributed by atoms with Gasteiger partial charge in [0.25, 0.3) is 5.91 Å². The summed E-state index contributed by atoms with van der Waals surface area (Å²) in [4.78, 5) is 14.7. The number of fused-ring (bicyclic) bond motifs is 1. The minimum Gasteiger partial charge on any atom is -0.342 e. The third-order valence-corrected chi connectivity index (χ3v) is 7.04. The Bertz CT molecular complexity index is 1090. The molecule has 0 saturated carbocycles. The van der Waals surface area contributed by atoms with Gasteiger partial charge in [-0.25, -0.2) is 8.42 Å². The van der Waals surface area contributed by atoms with E-state index in [9.17, 15) is 13.2 Å². The van der Waals surface area contributed by atoms with Crippen LogP contribution in [0.25, 0.3) is 10.9 Å². The summed E-state index contributed by atoms with van der Waals surface area (Å²) in [5.74, 6) is 0.0864. The summed E-state index contributed by atoms with van der Waals surface area (Å²) >= 11 is 0. The Morgan fingerprint density at radius 2 is 1.81 bits per heavy atom. The van der Waals surface area contributed by atoms with Crippen molar-refractivity contribution in [2.75, 3.05) is 18.6 Å². The standard InChI is InChI=1S/C21H22N2O3S/c1-22(17-11-12-27(25,26)15-17)21(24)19-14-23(13-16-7-3-2-4-8-16)20-10-6-5-9-18(19)20/h2-10,14,17H,11-13,15H2,1H3. The molecule has 27 heavy (non-hydrogen) atoms. The predicted molar refractivity (Wildman–Crippen MR) is 107 cm³/mol. The van der Waals surface area contributed by atoms with Crippen molar-refractivity contribution < 1.29 is 13.2 Å². The molecule has 0 N–H and O–H groups in total. The number of para-hydroxylation sites is 1. The van der Waals surface area contributed by atoms with E-state index < -0.39 is 9.84 Å². The first-order valence-corrected chi connectivity index (χ1v) is 10.9. The van der Waals surface area contributed by atoms with Gasteiger partial charge in [-0.2, -0.15) is 0 Å². The largest absolute Gasteiger partial charge is 0.342 e. The Labute approximate surface area is 159 Å². The average molecular weight is 382 g/mol. The van der Waals surface area contributed by atoms with Crippen LogP contribution in [0, 0.1) is 0 Å².